The SMILES string of the molecule is COc1ccc(CN2[C@H]3CC[C@@H]2[C@H](NC(=O)C2CCc4nn(-c5cccc(C6CC6)n5)cc4C2)C3)cc1. The van der Waals surface area contributed by atoms with Gasteiger partial charge in [-0.25, -0.2) is 9.67 Å². The van der Waals surface area contributed by atoms with Gasteiger partial charge >= 0.3 is 0 Å². The van der Waals surface area contributed by atoms with Gasteiger partial charge in [0, 0.05) is 48.4 Å². The Bertz CT molecular complexity index is 1300. The average Bonchev–Trinajstić information content (AvgIpc) is 3.49. The predicted octanol–water partition coefficient (Wildman–Crippen LogP) is 4.18. The topological polar surface area (TPSA) is 72.3 Å². The summed E-state index contributed by atoms with van der Waals surface area (Å²) < 4.78 is 7.22. The molecule has 37 heavy (non-hydrogen) atoms. The van der Waals surface area contributed by atoms with Crippen molar-refractivity contribution in [2.45, 2.75) is 82.0 Å². The minimum absolute atomic E-state index is 0.0186. The van der Waals surface area contributed by atoms with Crippen LogP contribution in [-0.2, 0) is 24.2 Å². The molecule has 1 N–H and O–H groups in total. The number of aryl methyl sites for hydroxylation is 1. The third-order valence-electron chi connectivity index (χ3n) is 8.96. The molecule has 2 aliphatic carbocycles. The first-order valence-corrected chi connectivity index (χ1v) is 13.9. The number of ether oxygens (including phenoxy) is 1. The molecule has 4 aliphatic rings. The molecule has 4 heterocycles. The molecule has 0 spiro atoms. The number of nitrogens with zero attached hydrogens (tertiary/aromatic N) is 4. The zero-order valence-corrected chi connectivity index (χ0v) is 21.5. The van der Waals surface area contributed by atoms with E-state index in [1.54, 1.807) is 7.11 Å². The number of amides is 1. The lowest BCUT2D eigenvalue weighted by molar-refractivity contribution is -0.126. The van der Waals surface area contributed by atoms with Gasteiger partial charge in [0.05, 0.1) is 12.8 Å². The van der Waals surface area contributed by atoms with E-state index in [9.17, 15) is 4.79 Å². The second kappa shape index (κ2) is 9.28. The zero-order chi connectivity index (χ0) is 24.9. The maximum Gasteiger partial charge on any atom is 0.223 e. The highest BCUT2D eigenvalue weighted by Gasteiger charge is 2.47. The standard InChI is InChI=1S/C30H35N5O2/c1-37-24-11-5-19(6-12-24)17-34-23-10-14-28(34)27(16-23)32-30(36)21-9-13-26-22(15-21)18-35(33-26)29-4-2-3-25(31-29)20-7-8-20/h2-6,11-12,18,20-21,23,27-28H,7-10,13-17H2,1H3,(H,32,36)/t21?,23-,27+,28+/m0/s1. The molecule has 1 saturated carbocycles. The second-order valence-electron chi connectivity index (χ2n) is 11.3. The Morgan fingerprint density at radius 1 is 1.08 bits per heavy atom. The molecule has 7 rings (SSSR count). The summed E-state index contributed by atoms with van der Waals surface area (Å²) in [6, 6.07) is 15.9. The highest BCUT2D eigenvalue weighted by Crippen LogP contribution is 2.40. The van der Waals surface area contributed by atoms with Crippen LogP contribution in [0.25, 0.3) is 5.82 Å². The van der Waals surface area contributed by atoms with Crippen LogP contribution in [0.3, 0.4) is 0 Å². The van der Waals surface area contributed by atoms with Crippen molar-refractivity contribution in [1.29, 1.82) is 0 Å². The maximum absolute atomic E-state index is 13.4. The molecule has 1 unspecified atom stereocenters. The van der Waals surface area contributed by atoms with E-state index in [1.807, 2.05) is 22.9 Å². The van der Waals surface area contributed by atoms with Crippen molar-refractivity contribution in [1.82, 2.24) is 25.0 Å². The Morgan fingerprint density at radius 2 is 1.95 bits per heavy atom. The molecular formula is C30H35N5O2. The molecule has 3 aromatic rings. The molecule has 2 aromatic heterocycles. The van der Waals surface area contributed by atoms with Crippen molar-refractivity contribution in [2.75, 3.05) is 7.11 Å². The third-order valence-corrected chi connectivity index (χ3v) is 8.96. The largest absolute Gasteiger partial charge is 0.497 e. The van der Waals surface area contributed by atoms with Crippen molar-refractivity contribution in [3.63, 3.8) is 0 Å². The number of pyridine rings is 1. The van der Waals surface area contributed by atoms with Gasteiger partial charge in [-0.3, -0.25) is 9.69 Å². The minimum atomic E-state index is 0.0186. The molecule has 1 amide bonds. The van der Waals surface area contributed by atoms with Crippen LogP contribution in [0, 0.1) is 5.92 Å². The van der Waals surface area contributed by atoms with E-state index in [1.165, 1.54) is 42.5 Å². The first-order chi connectivity index (χ1) is 18.1. The molecular weight excluding hydrogens is 462 g/mol. The van der Waals surface area contributed by atoms with Crippen LogP contribution in [0.2, 0.25) is 0 Å². The Balaban J connectivity index is 0.991. The van der Waals surface area contributed by atoms with Crippen molar-refractivity contribution < 1.29 is 9.53 Å². The number of aromatic nitrogens is 3. The molecule has 4 atom stereocenters. The quantitative estimate of drug-likeness (QED) is 0.530. The summed E-state index contributed by atoms with van der Waals surface area (Å²) in [5.41, 5.74) is 4.79. The van der Waals surface area contributed by atoms with Gasteiger partial charge < -0.3 is 10.1 Å². The fourth-order valence-corrected chi connectivity index (χ4v) is 6.76. The molecule has 0 radical (unpaired) electrons. The Kier molecular flexibility index (Phi) is 5.76. The van der Waals surface area contributed by atoms with Crippen LogP contribution < -0.4 is 10.1 Å². The average molecular weight is 498 g/mol. The summed E-state index contributed by atoms with van der Waals surface area (Å²) in [6.45, 7) is 0.938. The van der Waals surface area contributed by atoms with Crippen LogP contribution in [0.5, 0.6) is 5.75 Å². The molecule has 7 heteroatoms. The normalized spacial score (nSPS) is 26.7. The number of fused-ring (bicyclic) bond motifs is 3. The lowest BCUT2D eigenvalue weighted by Crippen LogP contribution is -2.46. The third kappa shape index (κ3) is 4.43. The number of rotatable bonds is 7. The van der Waals surface area contributed by atoms with E-state index in [-0.39, 0.29) is 17.9 Å². The van der Waals surface area contributed by atoms with E-state index in [2.05, 4.69) is 40.7 Å². The van der Waals surface area contributed by atoms with Gasteiger partial charge in [-0.2, -0.15) is 5.10 Å². The molecule has 1 aromatic carbocycles. The number of carbonyl (C=O) groups is 1. The molecule has 2 aliphatic heterocycles. The minimum Gasteiger partial charge on any atom is -0.497 e. The Labute approximate surface area is 218 Å². The fourth-order valence-electron chi connectivity index (χ4n) is 6.76. The van der Waals surface area contributed by atoms with Crippen molar-refractivity contribution >= 4 is 5.91 Å². The Morgan fingerprint density at radius 3 is 2.76 bits per heavy atom. The summed E-state index contributed by atoms with van der Waals surface area (Å²) in [4.78, 5) is 20.9. The van der Waals surface area contributed by atoms with Crippen LogP contribution in [0.1, 0.15) is 67.0 Å². The van der Waals surface area contributed by atoms with Crippen LogP contribution in [-0.4, -0.2) is 50.8 Å². The van der Waals surface area contributed by atoms with E-state index in [4.69, 9.17) is 14.8 Å². The van der Waals surface area contributed by atoms with E-state index in [0.717, 1.165) is 49.5 Å². The van der Waals surface area contributed by atoms with E-state index >= 15 is 0 Å². The summed E-state index contributed by atoms with van der Waals surface area (Å²) in [5.74, 6) is 2.64. The molecule has 2 saturated heterocycles. The summed E-state index contributed by atoms with van der Waals surface area (Å²) >= 11 is 0. The van der Waals surface area contributed by atoms with Crippen molar-refractivity contribution in [3.05, 3.63) is 71.2 Å². The van der Waals surface area contributed by atoms with Gasteiger partial charge in [-0.05, 0) is 86.8 Å². The number of nitrogens with one attached hydrogen (secondary N) is 1. The summed E-state index contributed by atoms with van der Waals surface area (Å²) in [7, 11) is 1.70. The molecule has 192 valence electrons. The second-order valence-corrected chi connectivity index (χ2v) is 11.3. The lowest BCUT2D eigenvalue weighted by Gasteiger charge is -2.28. The van der Waals surface area contributed by atoms with Gasteiger partial charge in [-0.1, -0.05) is 18.2 Å². The Hall–Kier alpha value is -3.19. The highest BCUT2D eigenvalue weighted by molar-refractivity contribution is 5.79. The van der Waals surface area contributed by atoms with Crippen LogP contribution >= 0.6 is 0 Å². The van der Waals surface area contributed by atoms with Crippen molar-refractivity contribution in [3.8, 4) is 11.6 Å². The zero-order valence-electron chi connectivity index (χ0n) is 21.5. The predicted molar refractivity (Wildman–Crippen MR) is 141 cm³/mol. The van der Waals surface area contributed by atoms with E-state index in [0.29, 0.717) is 18.0 Å². The van der Waals surface area contributed by atoms with Gasteiger partial charge in [0.1, 0.15) is 5.75 Å². The van der Waals surface area contributed by atoms with E-state index < -0.39 is 0 Å². The van der Waals surface area contributed by atoms with Gasteiger partial charge in [0.2, 0.25) is 5.91 Å². The van der Waals surface area contributed by atoms with Gasteiger partial charge in [0.25, 0.3) is 0 Å². The summed E-state index contributed by atoms with van der Waals surface area (Å²) in [5, 5.41) is 8.31. The van der Waals surface area contributed by atoms with Gasteiger partial charge in [-0.15, -0.1) is 0 Å². The number of hydrogen-bond donors (Lipinski definition) is 1. The van der Waals surface area contributed by atoms with Gasteiger partial charge in [0.15, 0.2) is 5.82 Å². The maximum atomic E-state index is 13.4. The van der Waals surface area contributed by atoms with Crippen LogP contribution in [0.15, 0.2) is 48.7 Å². The number of hydrogen-bond acceptors (Lipinski definition) is 5. The number of carbonyl (C=O) groups excluding carboxylic acids is 1. The molecule has 3 fully saturated rings. The molecule has 7 nitrogen and oxygen atoms in total. The van der Waals surface area contributed by atoms with Crippen molar-refractivity contribution in [2.24, 2.45) is 5.92 Å². The highest BCUT2D eigenvalue weighted by atomic mass is 16.5. The summed E-state index contributed by atoms with van der Waals surface area (Å²) in [6.07, 6.45) is 10.5. The first kappa shape index (κ1) is 23.0. The smallest absolute Gasteiger partial charge is 0.223 e. The fraction of sp³-hybridized carbons (Fsp3) is 0.500. The molecule has 2 bridgehead atoms. The van der Waals surface area contributed by atoms with Crippen LogP contribution in [0.4, 0.5) is 0 Å². The monoisotopic (exact) mass is 497 g/mol. The lowest BCUT2D eigenvalue weighted by atomic mass is 9.86. The first-order valence-electron chi connectivity index (χ1n) is 13.9. The number of benzene rings is 1. The number of methoxy groups -OCH3 is 1.